The molecule has 0 aliphatic rings. The Kier molecular flexibility index (Phi) is 4.70. The molecule has 0 unspecified atom stereocenters. The zero-order valence-electron chi connectivity index (χ0n) is 15.3. The van der Waals surface area contributed by atoms with Gasteiger partial charge in [-0.15, -0.1) is 22.7 Å². The summed E-state index contributed by atoms with van der Waals surface area (Å²) in [5.74, 6) is 0. The molecule has 0 saturated carbocycles. The summed E-state index contributed by atoms with van der Waals surface area (Å²) in [6.07, 6.45) is 5.22. The van der Waals surface area contributed by atoms with E-state index in [9.17, 15) is 0 Å². The Labute approximate surface area is 157 Å². The van der Waals surface area contributed by atoms with Crippen molar-refractivity contribution in [1.29, 1.82) is 0 Å². The number of fused-ring (bicyclic) bond motifs is 3. The summed E-state index contributed by atoms with van der Waals surface area (Å²) >= 11 is 3.82. The van der Waals surface area contributed by atoms with Crippen molar-refractivity contribution < 1.29 is 0 Å². The first-order valence-electron chi connectivity index (χ1n) is 9.26. The highest BCUT2D eigenvalue weighted by atomic mass is 32.1. The van der Waals surface area contributed by atoms with E-state index in [1.807, 2.05) is 22.7 Å². The molecule has 0 aliphatic heterocycles. The van der Waals surface area contributed by atoms with Gasteiger partial charge in [-0.1, -0.05) is 38.3 Å². The van der Waals surface area contributed by atoms with E-state index in [0.29, 0.717) is 0 Å². The largest absolute Gasteiger partial charge is 0.340 e. The third-order valence-electron chi connectivity index (χ3n) is 4.92. The standard InChI is InChI=1S/C22H25NS2/c1-4-5-6-7-12-23-19-14-17(21-11-8-15(2)24-21)9-10-18(19)22-20(23)13-16(3)25-22/h8-11,13-14H,4-7,12H2,1-3H3. The summed E-state index contributed by atoms with van der Waals surface area (Å²) in [6.45, 7) is 7.81. The van der Waals surface area contributed by atoms with E-state index in [4.69, 9.17) is 0 Å². The van der Waals surface area contributed by atoms with Gasteiger partial charge in [0, 0.05) is 26.6 Å². The lowest BCUT2D eigenvalue weighted by Crippen LogP contribution is -1.97. The molecule has 3 heteroatoms. The van der Waals surface area contributed by atoms with E-state index < -0.39 is 0 Å². The van der Waals surface area contributed by atoms with Crippen LogP contribution in [0.25, 0.3) is 31.6 Å². The van der Waals surface area contributed by atoms with Gasteiger partial charge >= 0.3 is 0 Å². The van der Waals surface area contributed by atoms with Crippen LogP contribution in [0.3, 0.4) is 0 Å². The number of thiophene rings is 2. The van der Waals surface area contributed by atoms with Crippen LogP contribution < -0.4 is 0 Å². The second kappa shape index (κ2) is 6.97. The van der Waals surface area contributed by atoms with Gasteiger partial charge in [-0.25, -0.2) is 0 Å². The van der Waals surface area contributed by atoms with Crippen molar-refractivity contribution in [2.45, 2.75) is 53.0 Å². The van der Waals surface area contributed by atoms with Crippen LogP contribution in [0.4, 0.5) is 0 Å². The lowest BCUT2D eigenvalue weighted by Gasteiger charge is -2.08. The Morgan fingerprint density at radius 1 is 0.840 bits per heavy atom. The van der Waals surface area contributed by atoms with E-state index in [-0.39, 0.29) is 0 Å². The molecule has 25 heavy (non-hydrogen) atoms. The molecule has 0 atom stereocenters. The summed E-state index contributed by atoms with van der Waals surface area (Å²) in [7, 11) is 0. The zero-order valence-corrected chi connectivity index (χ0v) is 16.9. The van der Waals surface area contributed by atoms with Crippen LogP contribution in [-0.4, -0.2) is 4.57 Å². The smallest absolute Gasteiger partial charge is 0.0603 e. The maximum Gasteiger partial charge on any atom is 0.0603 e. The molecule has 0 spiro atoms. The van der Waals surface area contributed by atoms with Crippen molar-refractivity contribution in [2.24, 2.45) is 0 Å². The molecule has 4 rings (SSSR count). The van der Waals surface area contributed by atoms with Gasteiger partial charge in [0.15, 0.2) is 0 Å². The van der Waals surface area contributed by atoms with Crippen LogP contribution in [0.1, 0.15) is 42.4 Å². The minimum atomic E-state index is 1.13. The average molecular weight is 368 g/mol. The minimum Gasteiger partial charge on any atom is -0.340 e. The Morgan fingerprint density at radius 2 is 1.72 bits per heavy atom. The Balaban J connectivity index is 1.81. The molecule has 0 N–H and O–H groups in total. The SMILES string of the molecule is CCCCCCn1c2cc(-c3ccc(C)s3)ccc2c2sc(C)cc21. The van der Waals surface area contributed by atoms with Crippen LogP contribution in [0.15, 0.2) is 36.4 Å². The van der Waals surface area contributed by atoms with Crippen LogP contribution in [0.5, 0.6) is 0 Å². The first-order valence-corrected chi connectivity index (χ1v) is 10.9. The van der Waals surface area contributed by atoms with Gasteiger partial charge in [-0.05, 0) is 50.1 Å². The molecule has 4 aromatic rings. The molecular formula is C22H25NS2. The van der Waals surface area contributed by atoms with Gasteiger partial charge in [0.25, 0.3) is 0 Å². The van der Waals surface area contributed by atoms with Gasteiger partial charge in [0.2, 0.25) is 0 Å². The summed E-state index contributed by atoms with van der Waals surface area (Å²) in [4.78, 5) is 4.16. The maximum atomic E-state index is 2.56. The monoisotopic (exact) mass is 367 g/mol. The number of aromatic nitrogens is 1. The normalized spacial score (nSPS) is 11.8. The summed E-state index contributed by atoms with van der Waals surface area (Å²) in [6, 6.07) is 13.9. The number of unbranched alkanes of at least 4 members (excludes halogenated alkanes) is 3. The van der Waals surface area contributed by atoms with Crippen LogP contribution >= 0.6 is 22.7 Å². The molecule has 0 aliphatic carbocycles. The molecule has 130 valence electrons. The number of benzene rings is 1. The molecule has 3 aromatic heterocycles. The molecule has 0 bridgehead atoms. The van der Waals surface area contributed by atoms with Crippen LogP contribution in [0.2, 0.25) is 0 Å². The fourth-order valence-corrected chi connectivity index (χ4v) is 5.56. The highest BCUT2D eigenvalue weighted by Gasteiger charge is 2.14. The molecule has 1 aromatic carbocycles. The fraction of sp³-hybridized carbons (Fsp3) is 0.364. The Hall–Kier alpha value is -1.58. The van der Waals surface area contributed by atoms with Gasteiger partial charge in [-0.2, -0.15) is 0 Å². The molecule has 0 amide bonds. The van der Waals surface area contributed by atoms with Crippen molar-refractivity contribution in [2.75, 3.05) is 0 Å². The molecule has 0 radical (unpaired) electrons. The van der Waals surface area contributed by atoms with Crippen molar-refractivity contribution >= 4 is 43.8 Å². The van der Waals surface area contributed by atoms with E-state index in [2.05, 4.69) is 61.7 Å². The van der Waals surface area contributed by atoms with Crippen LogP contribution in [0, 0.1) is 13.8 Å². The highest BCUT2D eigenvalue weighted by Crippen LogP contribution is 2.38. The lowest BCUT2D eigenvalue weighted by atomic mass is 10.1. The molecule has 3 heterocycles. The first-order chi connectivity index (χ1) is 12.2. The predicted octanol–water partition coefficient (Wildman–Crippen LogP) is 7.78. The van der Waals surface area contributed by atoms with Gasteiger partial charge in [0.1, 0.15) is 0 Å². The zero-order chi connectivity index (χ0) is 17.4. The average Bonchev–Trinajstić information content (AvgIpc) is 3.26. The Bertz CT molecular complexity index is 1020. The van der Waals surface area contributed by atoms with Gasteiger partial charge in [-0.3, -0.25) is 0 Å². The number of hydrogen-bond acceptors (Lipinski definition) is 2. The third-order valence-corrected chi connectivity index (χ3v) is 7.04. The minimum absolute atomic E-state index is 1.13. The van der Waals surface area contributed by atoms with Crippen LogP contribution in [-0.2, 0) is 6.54 Å². The summed E-state index contributed by atoms with van der Waals surface area (Å²) in [5.41, 5.74) is 4.18. The first kappa shape index (κ1) is 16.9. The third kappa shape index (κ3) is 3.16. The van der Waals surface area contributed by atoms with E-state index >= 15 is 0 Å². The maximum absolute atomic E-state index is 2.56. The van der Waals surface area contributed by atoms with E-state index in [1.54, 1.807) is 0 Å². The van der Waals surface area contributed by atoms with Crippen molar-refractivity contribution in [3.05, 3.63) is 46.2 Å². The van der Waals surface area contributed by atoms with E-state index in [1.165, 1.54) is 67.0 Å². The number of hydrogen-bond donors (Lipinski definition) is 0. The number of aryl methyl sites for hydroxylation is 3. The number of rotatable bonds is 6. The number of nitrogens with zero attached hydrogens (tertiary/aromatic N) is 1. The molecule has 0 saturated heterocycles. The van der Waals surface area contributed by atoms with Gasteiger partial charge < -0.3 is 4.57 Å². The Morgan fingerprint density at radius 3 is 2.48 bits per heavy atom. The second-order valence-electron chi connectivity index (χ2n) is 6.93. The van der Waals surface area contributed by atoms with Crippen molar-refractivity contribution in [3.63, 3.8) is 0 Å². The van der Waals surface area contributed by atoms with E-state index in [0.717, 1.165) is 6.54 Å². The van der Waals surface area contributed by atoms with Crippen molar-refractivity contribution in [1.82, 2.24) is 4.57 Å². The molecule has 1 nitrogen and oxygen atoms in total. The van der Waals surface area contributed by atoms with Gasteiger partial charge in [0.05, 0.1) is 15.7 Å². The molecular weight excluding hydrogens is 342 g/mol. The summed E-state index contributed by atoms with van der Waals surface area (Å²) in [5, 5.41) is 1.42. The predicted molar refractivity (Wildman–Crippen MR) is 114 cm³/mol. The molecule has 0 fully saturated rings. The fourth-order valence-electron chi connectivity index (χ4n) is 3.65. The quantitative estimate of drug-likeness (QED) is 0.307. The second-order valence-corrected chi connectivity index (χ2v) is 9.47. The highest BCUT2D eigenvalue weighted by molar-refractivity contribution is 7.20. The topological polar surface area (TPSA) is 4.93 Å². The summed E-state index contributed by atoms with van der Waals surface area (Å²) < 4.78 is 4.02. The lowest BCUT2D eigenvalue weighted by molar-refractivity contribution is 0.602. The van der Waals surface area contributed by atoms with Crippen molar-refractivity contribution in [3.8, 4) is 10.4 Å².